The molecule has 0 bridgehead atoms. The van der Waals surface area contributed by atoms with Gasteiger partial charge in [-0.1, -0.05) is 40.5 Å². The van der Waals surface area contributed by atoms with Gasteiger partial charge < -0.3 is 10.8 Å². The zero-order valence-electron chi connectivity index (χ0n) is 13.2. The molecule has 0 aromatic carbocycles. The zero-order chi connectivity index (χ0) is 14.3. The Morgan fingerprint density at radius 2 is 1.72 bits per heavy atom. The van der Waals surface area contributed by atoms with Gasteiger partial charge in [-0.25, -0.2) is 0 Å². The molecule has 2 unspecified atom stereocenters. The van der Waals surface area contributed by atoms with Gasteiger partial charge in [-0.3, -0.25) is 4.90 Å². The Bertz CT molecular complexity index is 211. The lowest BCUT2D eigenvalue weighted by Crippen LogP contribution is -2.57. The highest BCUT2D eigenvalue weighted by molar-refractivity contribution is 4.90. The average molecular weight is 258 g/mol. The van der Waals surface area contributed by atoms with Gasteiger partial charge in [-0.2, -0.15) is 0 Å². The van der Waals surface area contributed by atoms with E-state index in [1.54, 1.807) is 0 Å². The summed E-state index contributed by atoms with van der Waals surface area (Å²) in [5, 5.41) is 9.71. The van der Waals surface area contributed by atoms with E-state index in [1.165, 1.54) is 19.3 Å². The number of unbranched alkanes of at least 4 members (excludes halogenated alkanes) is 2. The van der Waals surface area contributed by atoms with Gasteiger partial charge in [0, 0.05) is 18.1 Å². The van der Waals surface area contributed by atoms with Gasteiger partial charge in [0.25, 0.3) is 0 Å². The highest BCUT2D eigenvalue weighted by Gasteiger charge is 2.33. The van der Waals surface area contributed by atoms with E-state index < -0.39 is 0 Å². The van der Waals surface area contributed by atoms with E-state index in [2.05, 4.69) is 46.4 Å². The van der Waals surface area contributed by atoms with Crippen molar-refractivity contribution in [3.63, 3.8) is 0 Å². The van der Waals surface area contributed by atoms with Crippen LogP contribution < -0.4 is 5.73 Å². The highest BCUT2D eigenvalue weighted by atomic mass is 16.3. The van der Waals surface area contributed by atoms with Crippen LogP contribution in [0.5, 0.6) is 0 Å². The Labute approximate surface area is 114 Å². The van der Waals surface area contributed by atoms with Gasteiger partial charge in [-0.05, 0) is 32.2 Å². The van der Waals surface area contributed by atoms with Crippen molar-refractivity contribution < 1.29 is 5.11 Å². The minimum atomic E-state index is -0.00785. The fraction of sp³-hybridized carbons (Fsp3) is 1.00. The van der Waals surface area contributed by atoms with Crippen molar-refractivity contribution in [2.24, 2.45) is 11.1 Å². The van der Waals surface area contributed by atoms with Crippen LogP contribution in [0.15, 0.2) is 0 Å². The van der Waals surface area contributed by atoms with E-state index in [4.69, 9.17) is 5.73 Å². The molecule has 3 heteroatoms. The Kier molecular flexibility index (Phi) is 8.08. The first-order valence-corrected chi connectivity index (χ1v) is 7.37. The Morgan fingerprint density at radius 1 is 1.17 bits per heavy atom. The minimum absolute atomic E-state index is 0.00785. The van der Waals surface area contributed by atoms with Crippen LogP contribution in [0.3, 0.4) is 0 Å². The van der Waals surface area contributed by atoms with Crippen LogP contribution in [0.25, 0.3) is 0 Å². The fourth-order valence-electron chi connectivity index (χ4n) is 2.35. The van der Waals surface area contributed by atoms with Crippen LogP contribution in [-0.2, 0) is 0 Å². The number of hydrogen-bond acceptors (Lipinski definition) is 3. The molecule has 110 valence electrons. The van der Waals surface area contributed by atoms with Crippen LogP contribution in [0.2, 0.25) is 0 Å². The van der Waals surface area contributed by atoms with Crippen molar-refractivity contribution in [2.45, 2.75) is 78.9 Å². The largest absolute Gasteiger partial charge is 0.395 e. The monoisotopic (exact) mass is 258 g/mol. The summed E-state index contributed by atoms with van der Waals surface area (Å²) in [6, 6.07) is 0.473. The number of nitrogens with two attached hydrogens (primary N) is 1. The summed E-state index contributed by atoms with van der Waals surface area (Å²) in [6.07, 6.45) is 3.65. The number of aliphatic hydroxyl groups excluding tert-OH is 1. The van der Waals surface area contributed by atoms with Crippen LogP contribution in [-0.4, -0.2) is 41.3 Å². The molecule has 0 saturated heterocycles. The molecule has 0 aromatic rings. The molecular weight excluding hydrogens is 224 g/mol. The first kappa shape index (κ1) is 17.9. The maximum atomic E-state index is 9.71. The Hall–Kier alpha value is -0.120. The molecule has 0 spiro atoms. The number of rotatable bonds is 8. The van der Waals surface area contributed by atoms with Gasteiger partial charge in [0.05, 0.1) is 6.61 Å². The molecule has 0 saturated carbocycles. The van der Waals surface area contributed by atoms with Crippen molar-refractivity contribution in [3.8, 4) is 0 Å². The van der Waals surface area contributed by atoms with Gasteiger partial charge in [-0.15, -0.1) is 0 Å². The zero-order valence-corrected chi connectivity index (χ0v) is 13.2. The summed E-state index contributed by atoms with van der Waals surface area (Å²) in [5.74, 6) is 0. The Morgan fingerprint density at radius 3 is 2.06 bits per heavy atom. The molecule has 0 rings (SSSR count). The van der Waals surface area contributed by atoms with Crippen molar-refractivity contribution in [1.82, 2.24) is 4.90 Å². The summed E-state index contributed by atoms with van der Waals surface area (Å²) in [7, 11) is 0. The molecule has 18 heavy (non-hydrogen) atoms. The lowest BCUT2D eigenvalue weighted by molar-refractivity contribution is 0.0486. The predicted molar refractivity (Wildman–Crippen MR) is 79.7 cm³/mol. The van der Waals surface area contributed by atoms with Crippen molar-refractivity contribution in [3.05, 3.63) is 0 Å². The molecular formula is C15H34N2O. The summed E-state index contributed by atoms with van der Waals surface area (Å²) < 4.78 is 0. The second-order valence-corrected chi connectivity index (χ2v) is 6.68. The van der Waals surface area contributed by atoms with Crippen LogP contribution >= 0.6 is 0 Å². The second-order valence-electron chi connectivity index (χ2n) is 6.68. The quantitative estimate of drug-likeness (QED) is 0.658. The van der Waals surface area contributed by atoms with Crippen molar-refractivity contribution in [1.29, 1.82) is 0 Å². The maximum absolute atomic E-state index is 9.71. The topological polar surface area (TPSA) is 49.5 Å². The lowest BCUT2D eigenvalue weighted by atomic mass is 9.82. The third-order valence-corrected chi connectivity index (χ3v) is 3.71. The standard InChI is InChI=1S/C15H34N2O/c1-7-8-9-10-17(12(2)3)13(11-18)14(16)15(4,5)6/h12-14,18H,7-11,16H2,1-6H3. The van der Waals surface area contributed by atoms with Gasteiger partial charge in [0.15, 0.2) is 0 Å². The summed E-state index contributed by atoms with van der Waals surface area (Å²) >= 11 is 0. The number of aliphatic hydroxyl groups is 1. The maximum Gasteiger partial charge on any atom is 0.0602 e. The molecule has 3 nitrogen and oxygen atoms in total. The predicted octanol–water partition coefficient (Wildman–Crippen LogP) is 2.62. The van der Waals surface area contributed by atoms with Crippen molar-refractivity contribution in [2.75, 3.05) is 13.2 Å². The normalized spacial score (nSPS) is 16.3. The third kappa shape index (κ3) is 5.68. The summed E-state index contributed by atoms with van der Waals surface area (Å²) in [5.41, 5.74) is 6.37. The highest BCUT2D eigenvalue weighted by Crippen LogP contribution is 2.24. The first-order valence-electron chi connectivity index (χ1n) is 7.37. The second kappa shape index (κ2) is 8.13. The van der Waals surface area contributed by atoms with Crippen molar-refractivity contribution >= 4 is 0 Å². The van der Waals surface area contributed by atoms with E-state index in [0.717, 1.165) is 6.54 Å². The smallest absolute Gasteiger partial charge is 0.0602 e. The molecule has 0 radical (unpaired) electrons. The van der Waals surface area contributed by atoms with E-state index in [9.17, 15) is 5.11 Å². The summed E-state index contributed by atoms with van der Waals surface area (Å²) in [6.45, 7) is 14.2. The third-order valence-electron chi connectivity index (χ3n) is 3.71. The molecule has 0 aliphatic heterocycles. The molecule has 0 amide bonds. The molecule has 0 aromatic heterocycles. The van der Waals surface area contributed by atoms with E-state index in [0.29, 0.717) is 6.04 Å². The van der Waals surface area contributed by atoms with Gasteiger partial charge >= 0.3 is 0 Å². The van der Waals surface area contributed by atoms with E-state index >= 15 is 0 Å². The first-order chi connectivity index (χ1) is 8.25. The molecule has 0 fully saturated rings. The molecule has 2 atom stereocenters. The SMILES string of the molecule is CCCCCN(C(C)C)C(CO)C(N)C(C)(C)C. The van der Waals surface area contributed by atoms with Crippen LogP contribution in [0, 0.1) is 5.41 Å². The minimum Gasteiger partial charge on any atom is -0.395 e. The molecule has 3 N–H and O–H groups in total. The fourth-order valence-corrected chi connectivity index (χ4v) is 2.35. The van der Waals surface area contributed by atoms with Crippen LogP contribution in [0.4, 0.5) is 0 Å². The van der Waals surface area contributed by atoms with Crippen LogP contribution in [0.1, 0.15) is 60.8 Å². The Balaban J connectivity index is 4.71. The molecule has 0 heterocycles. The lowest BCUT2D eigenvalue weighted by Gasteiger charge is -2.42. The number of hydrogen-bond donors (Lipinski definition) is 2. The summed E-state index contributed by atoms with van der Waals surface area (Å²) in [4.78, 5) is 2.37. The molecule has 0 aliphatic carbocycles. The average Bonchev–Trinajstić information content (AvgIpc) is 2.26. The van der Waals surface area contributed by atoms with E-state index in [1.807, 2.05) is 0 Å². The van der Waals surface area contributed by atoms with Gasteiger partial charge in [0.2, 0.25) is 0 Å². The van der Waals surface area contributed by atoms with E-state index in [-0.39, 0.29) is 24.1 Å². The number of nitrogens with zero attached hydrogens (tertiary/aromatic N) is 1. The molecule has 0 aliphatic rings. The van der Waals surface area contributed by atoms with Gasteiger partial charge in [0.1, 0.15) is 0 Å².